The van der Waals surface area contributed by atoms with Crippen molar-refractivity contribution >= 4 is 21.6 Å². The smallest absolute Gasteiger partial charge is 0.240 e. The SMILES string of the molecule is CC(C)CNS(=O)(=O)c1ccc2c(c1)C(C)C(=O)N2. The van der Waals surface area contributed by atoms with Crippen LogP contribution in [0.5, 0.6) is 0 Å². The lowest BCUT2D eigenvalue weighted by molar-refractivity contribution is -0.116. The van der Waals surface area contributed by atoms with Crippen molar-refractivity contribution in [3.8, 4) is 0 Å². The minimum atomic E-state index is -3.51. The summed E-state index contributed by atoms with van der Waals surface area (Å²) in [5, 5.41) is 2.72. The fourth-order valence-corrected chi connectivity index (χ4v) is 3.17. The minimum absolute atomic E-state index is 0.0975. The van der Waals surface area contributed by atoms with Crippen molar-refractivity contribution in [2.24, 2.45) is 5.92 Å². The first kappa shape index (κ1) is 14.0. The van der Waals surface area contributed by atoms with E-state index < -0.39 is 10.0 Å². The number of benzene rings is 1. The molecule has 1 unspecified atom stereocenters. The van der Waals surface area contributed by atoms with Gasteiger partial charge < -0.3 is 5.32 Å². The largest absolute Gasteiger partial charge is 0.325 e. The van der Waals surface area contributed by atoms with Gasteiger partial charge in [-0.15, -0.1) is 0 Å². The van der Waals surface area contributed by atoms with Crippen LogP contribution in [0.2, 0.25) is 0 Å². The third kappa shape index (κ3) is 2.79. The Balaban J connectivity index is 2.31. The van der Waals surface area contributed by atoms with Crippen LogP contribution in [0.15, 0.2) is 23.1 Å². The van der Waals surface area contributed by atoms with E-state index in [1.54, 1.807) is 19.1 Å². The van der Waals surface area contributed by atoms with Gasteiger partial charge in [0, 0.05) is 12.2 Å². The first-order valence-electron chi connectivity index (χ1n) is 6.25. The number of nitrogens with one attached hydrogen (secondary N) is 2. The number of sulfonamides is 1. The van der Waals surface area contributed by atoms with E-state index in [1.165, 1.54) is 6.07 Å². The average molecular weight is 282 g/mol. The minimum Gasteiger partial charge on any atom is -0.325 e. The standard InChI is InChI=1S/C13H18N2O3S/c1-8(2)7-14-19(17,18)10-4-5-12-11(6-10)9(3)13(16)15-12/h4-6,8-9,14H,7H2,1-3H3,(H,15,16). The maximum absolute atomic E-state index is 12.1. The summed E-state index contributed by atoms with van der Waals surface area (Å²) in [4.78, 5) is 11.7. The molecule has 0 radical (unpaired) electrons. The maximum atomic E-state index is 12.1. The van der Waals surface area contributed by atoms with Crippen LogP contribution in [0.3, 0.4) is 0 Å². The van der Waals surface area contributed by atoms with Crippen LogP contribution in [0.25, 0.3) is 0 Å². The van der Waals surface area contributed by atoms with E-state index in [-0.39, 0.29) is 22.6 Å². The highest BCUT2D eigenvalue weighted by Gasteiger charge is 2.28. The Labute approximate surface area is 113 Å². The zero-order valence-electron chi connectivity index (χ0n) is 11.2. The van der Waals surface area contributed by atoms with Crippen molar-refractivity contribution in [2.75, 3.05) is 11.9 Å². The van der Waals surface area contributed by atoms with Gasteiger partial charge in [-0.25, -0.2) is 13.1 Å². The van der Waals surface area contributed by atoms with Crippen LogP contribution in [0.1, 0.15) is 32.3 Å². The highest BCUT2D eigenvalue weighted by molar-refractivity contribution is 7.89. The van der Waals surface area contributed by atoms with Gasteiger partial charge in [-0.05, 0) is 36.6 Å². The Morgan fingerprint density at radius 1 is 1.37 bits per heavy atom. The zero-order valence-corrected chi connectivity index (χ0v) is 12.0. The Bertz CT molecular complexity index is 608. The van der Waals surface area contributed by atoms with Crippen molar-refractivity contribution in [1.29, 1.82) is 0 Å². The summed E-state index contributed by atoms with van der Waals surface area (Å²) in [6.45, 7) is 6.04. The average Bonchev–Trinajstić information content (AvgIpc) is 2.63. The van der Waals surface area contributed by atoms with Crippen molar-refractivity contribution in [1.82, 2.24) is 4.72 Å². The molecule has 1 aliphatic rings. The molecule has 1 aromatic rings. The molecule has 2 N–H and O–H groups in total. The zero-order chi connectivity index (χ0) is 14.2. The van der Waals surface area contributed by atoms with Crippen molar-refractivity contribution in [3.05, 3.63) is 23.8 Å². The van der Waals surface area contributed by atoms with Crippen LogP contribution in [0.4, 0.5) is 5.69 Å². The van der Waals surface area contributed by atoms with Gasteiger partial charge in [-0.2, -0.15) is 0 Å². The monoisotopic (exact) mass is 282 g/mol. The normalized spacial score (nSPS) is 18.5. The van der Waals surface area contributed by atoms with Gasteiger partial charge in [0.15, 0.2) is 0 Å². The first-order chi connectivity index (χ1) is 8.81. The van der Waals surface area contributed by atoms with E-state index >= 15 is 0 Å². The molecule has 0 spiro atoms. The molecule has 0 aromatic heterocycles. The Morgan fingerprint density at radius 2 is 2.05 bits per heavy atom. The van der Waals surface area contributed by atoms with E-state index in [1.807, 2.05) is 13.8 Å². The van der Waals surface area contributed by atoms with Gasteiger partial charge in [0.2, 0.25) is 15.9 Å². The lowest BCUT2D eigenvalue weighted by Crippen LogP contribution is -2.27. The molecule has 1 aromatic carbocycles. The second-order valence-electron chi connectivity index (χ2n) is 5.21. The molecule has 1 atom stereocenters. The number of amides is 1. The molecule has 104 valence electrons. The number of hydrogen-bond acceptors (Lipinski definition) is 3. The second-order valence-corrected chi connectivity index (χ2v) is 6.97. The molecule has 1 heterocycles. The number of fused-ring (bicyclic) bond motifs is 1. The Hall–Kier alpha value is -1.40. The summed E-state index contributed by atoms with van der Waals surface area (Å²) in [5.41, 5.74) is 1.43. The molecule has 0 bridgehead atoms. The third-order valence-corrected chi connectivity index (χ3v) is 4.55. The summed E-state index contributed by atoms with van der Waals surface area (Å²) >= 11 is 0. The molecule has 1 aliphatic heterocycles. The Kier molecular flexibility index (Phi) is 3.64. The topological polar surface area (TPSA) is 75.3 Å². The van der Waals surface area contributed by atoms with Gasteiger partial charge in [-0.1, -0.05) is 13.8 Å². The van der Waals surface area contributed by atoms with Crippen molar-refractivity contribution in [3.63, 3.8) is 0 Å². The summed E-state index contributed by atoms with van der Waals surface area (Å²) in [6, 6.07) is 4.72. The van der Waals surface area contributed by atoms with E-state index in [0.717, 1.165) is 5.56 Å². The maximum Gasteiger partial charge on any atom is 0.240 e. The summed E-state index contributed by atoms with van der Waals surface area (Å²) in [7, 11) is -3.51. The van der Waals surface area contributed by atoms with Gasteiger partial charge in [0.1, 0.15) is 0 Å². The quantitative estimate of drug-likeness (QED) is 0.882. The number of anilines is 1. The molecular weight excluding hydrogens is 264 g/mol. The number of rotatable bonds is 4. The van der Waals surface area contributed by atoms with E-state index in [4.69, 9.17) is 0 Å². The van der Waals surface area contributed by atoms with E-state index in [0.29, 0.717) is 12.2 Å². The number of carbonyl (C=O) groups is 1. The van der Waals surface area contributed by atoms with E-state index in [9.17, 15) is 13.2 Å². The predicted molar refractivity (Wildman–Crippen MR) is 73.5 cm³/mol. The highest BCUT2D eigenvalue weighted by atomic mass is 32.2. The van der Waals surface area contributed by atoms with Crippen LogP contribution >= 0.6 is 0 Å². The van der Waals surface area contributed by atoms with Crippen LogP contribution < -0.4 is 10.0 Å². The molecule has 0 saturated carbocycles. The fraction of sp³-hybridized carbons (Fsp3) is 0.462. The van der Waals surface area contributed by atoms with Crippen molar-refractivity contribution < 1.29 is 13.2 Å². The first-order valence-corrected chi connectivity index (χ1v) is 7.74. The van der Waals surface area contributed by atoms with Crippen LogP contribution in [0, 0.1) is 5.92 Å². The molecule has 0 saturated heterocycles. The fourth-order valence-electron chi connectivity index (χ4n) is 1.92. The Morgan fingerprint density at radius 3 is 2.68 bits per heavy atom. The molecule has 5 nitrogen and oxygen atoms in total. The molecule has 2 rings (SSSR count). The highest BCUT2D eigenvalue weighted by Crippen LogP contribution is 2.33. The van der Waals surface area contributed by atoms with Gasteiger partial charge in [-0.3, -0.25) is 4.79 Å². The summed E-state index contributed by atoms with van der Waals surface area (Å²) in [6.07, 6.45) is 0. The molecule has 19 heavy (non-hydrogen) atoms. The number of carbonyl (C=O) groups excluding carboxylic acids is 1. The van der Waals surface area contributed by atoms with Gasteiger partial charge in [0.05, 0.1) is 10.8 Å². The second kappa shape index (κ2) is 4.94. The molecular formula is C13H18N2O3S. The summed E-state index contributed by atoms with van der Waals surface area (Å²) in [5.74, 6) is -0.165. The van der Waals surface area contributed by atoms with Gasteiger partial charge in [0.25, 0.3) is 0 Å². The summed E-state index contributed by atoms with van der Waals surface area (Å²) < 4.78 is 26.8. The van der Waals surface area contributed by atoms with Crippen LogP contribution in [-0.4, -0.2) is 20.9 Å². The van der Waals surface area contributed by atoms with Crippen molar-refractivity contribution in [2.45, 2.75) is 31.6 Å². The van der Waals surface area contributed by atoms with E-state index in [2.05, 4.69) is 10.0 Å². The molecule has 6 heteroatoms. The molecule has 0 fully saturated rings. The number of hydrogen-bond donors (Lipinski definition) is 2. The predicted octanol–water partition coefficient (Wildman–Crippen LogP) is 1.68. The third-order valence-electron chi connectivity index (χ3n) is 3.13. The van der Waals surface area contributed by atoms with Gasteiger partial charge >= 0.3 is 0 Å². The molecule has 0 aliphatic carbocycles. The lowest BCUT2D eigenvalue weighted by Gasteiger charge is -2.10. The van der Waals surface area contributed by atoms with Crippen LogP contribution in [-0.2, 0) is 14.8 Å². The molecule has 1 amide bonds. The lowest BCUT2D eigenvalue weighted by atomic mass is 10.0.